The maximum atomic E-state index is 14.8. The van der Waals surface area contributed by atoms with Gasteiger partial charge in [-0.2, -0.15) is 0 Å². The molecule has 0 bridgehead atoms. The highest BCUT2D eigenvalue weighted by Crippen LogP contribution is 2.34. The van der Waals surface area contributed by atoms with Crippen molar-refractivity contribution in [3.63, 3.8) is 0 Å². The lowest BCUT2D eigenvalue weighted by Gasteiger charge is -2.13. The number of carbonyl (C=O) groups excluding carboxylic acids is 2. The normalized spacial score (nSPS) is 10.5. The molecule has 0 saturated heterocycles. The molecule has 1 aromatic carbocycles. The average molecular weight is 385 g/mol. The SMILES string of the molecule is CCc1c(Cl)ccc(-c2cc(NC(C)=O)c(Cl)c(C(=O)OC)n2)c1F. The number of hydrogen-bond acceptors (Lipinski definition) is 4. The molecule has 2 rings (SSSR count). The second-order valence-electron chi connectivity index (χ2n) is 5.13. The lowest BCUT2D eigenvalue weighted by atomic mass is 10.0. The molecule has 0 fully saturated rings. The average Bonchev–Trinajstić information content (AvgIpc) is 2.56. The van der Waals surface area contributed by atoms with Gasteiger partial charge in [0, 0.05) is 23.1 Å². The van der Waals surface area contributed by atoms with Gasteiger partial charge in [-0.25, -0.2) is 14.2 Å². The summed E-state index contributed by atoms with van der Waals surface area (Å²) in [7, 11) is 1.17. The van der Waals surface area contributed by atoms with Crippen LogP contribution in [0.4, 0.5) is 10.1 Å². The van der Waals surface area contributed by atoms with Crippen LogP contribution in [0.25, 0.3) is 11.3 Å². The van der Waals surface area contributed by atoms with E-state index in [9.17, 15) is 14.0 Å². The van der Waals surface area contributed by atoms with E-state index in [1.807, 2.05) is 0 Å². The Kier molecular flexibility index (Phi) is 5.98. The molecular weight excluding hydrogens is 370 g/mol. The zero-order chi connectivity index (χ0) is 18.7. The van der Waals surface area contributed by atoms with Gasteiger partial charge in [-0.3, -0.25) is 4.79 Å². The lowest BCUT2D eigenvalue weighted by molar-refractivity contribution is -0.114. The molecule has 1 heterocycles. The second-order valence-corrected chi connectivity index (χ2v) is 5.92. The van der Waals surface area contributed by atoms with Crippen molar-refractivity contribution in [3.05, 3.63) is 45.3 Å². The van der Waals surface area contributed by atoms with Crippen molar-refractivity contribution in [1.82, 2.24) is 4.98 Å². The number of aromatic nitrogens is 1. The number of carbonyl (C=O) groups is 2. The standard InChI is InChI=1S/C17H15Cl2FN2O3/c1-4-9-11(18)6-5-10(15(9)20)12-7-13(21-8(2)23)14(19)16(22-12)17(24)25-3/h5-7H,4H2,1-3H3,(H,21,22,23). The quantitative estimate of drug-likeness (QED) is 0.787. The molecule has 5 nitrogen and oxygen atoms in total. The minimum atomic E-state index is -0.802. The van der Waals surface area contributed by atoms with E-state index in [0.29, 0.717) is 17.0 Å². The van der Waals surface area contributed by atoms with E-state index in [1.165, 1.54) is 26.2 Å². The molecule has 1 aromatic heterocycles. The molecule has 1 amide bonds. The molecule has 0 radical (unpaired) electrons. The summed E-state index contributed by atoms with van der Waals surface area (Å²) in [6, 6.07) is 4.39. The summed E-state index contributed by atoms with van der Waals surface area (Å²) in [6.45, 7) is 3.05. The van der Waals surface area contributed by atoms with Crippen LogP contribution in [0.5, 0.6) is 0 Å². The van der Waals surface area contributed by atoms with E-state index in [0.717, 1.165) is 0 Å². The topological polar surface area (TPSA) is 68.3 Å². The van der Waals surface area contributed by atoms with Gasteiger partial charge in [-0.05, 0) is 24.6 Å². The summed E-state index contributed by atoms with van der Waals surface area (Å²) in [5.41, 5.74) is 0.494. The van der Waals surface area contributed by atoms with E-state index < -0.39 is 17.7 Å². The maximum Gasteiger partial charge on any atom is 0.358 e. The van der Waals surface area contributed by atoms with Crippen LogP contribution in [0.15, 0.2) is 18.2 Å². The van der Waals surface area contributed by atoms with Gasteiger partial charge in [0.15, 0.2) is 5.69 Å². The van der Waals surface area contributed by atoms with Crippen LogP contribution in [0.3, 0.4) is 0 Å². The number of esters is 1. The first-order valence-electron chi connectivity index (χ1n) is 7.33. The fraction of sp³-hybridized carbons (Fsp3) is 0.235. The number of pyridine rings is 1. The number of anilines is 1. The van der Waals surface area contributed by atoms with Crippen LogP contribution in [0.2, 0.25) is 10.0 Å². The van der Waals surface area contributed by atoms with E-state index in [-0.39, 0.29) is 27.7 Å². The minimum Gasteiger partial charge on any atom is -0.464 e. The van der Waals surface area contributed by atoms with E-state index in [1.54, 1.807) is 13.0 Å². The van der Waals surface area contributed by atoms with Crippen LogP contribution in [0.1, 0.15) is 29.9 Å². The van der Waals surface area contributed by atoms with Crippen LogP contribution in [-0.2, 0) is 16.0 Å². The molecule has 8 heteroatoms. The number of nitrogens with one attached hydrogen (secondary N) is 1. The van der Waals surface area contributed by atoms with Gasteiger partial charge in [0.05, 0.1) is 23.5 Å². The van der Waals surface area contributed by atoms with Crippen LogP contribution >= 0.6 is 23.2 Å². The second kappa shape index (κ2) is 7.80. The van der Waals surface area contributed by atoms with Crippen molar-refractivity contribution in [1.29, 1.82) is 0 Å². The van der Waals surface area contributed by atoms with Crippen molar-refractivity contribution < 1.29 is 18.7 Å². The number of methoxy groups -OCH3 is 1. The van der Waals surface area contributed by atoms with Crippen LogP contribution in [0, 0.1) is 5.82 Å². The summed E-state index contributed by atoms with van der Waals surface area (Å²) in [5, 5.41) is 2.71. The molecule has 132 valence electrons. The summed E-state index contributed by atoms with van der Waals surface area (Å²) in [6.07, 6.45) is 0.383. The Labute approximate surface area is 154 Å². The molecule has 2 aromatic rings. The molecule has 0 aliphatic carbocycles. The number of ether oxygens (including phenoxy) is 1. The van der Waals surface area contributed by atoms with Gasteiger partial charge in [0.1, 0.15) is 5.82 Å². The fourth-order valence-electron chi connectivity index (χ4n) is 2.30. The number of amides is 1. The van der Waals surface area contributed by atoms with Gasteiger partial charge >= 0.3 is 5.97 Å². The molecule has 0 unspecified atom stereocenters. The number of rotatable bonds is 4. The Morgan fingerprint density at radius 3 is 2.56 bits per heavy atom. The Bertz CT molecular complexity index is 856. The minimum absolute atomic E-state index is 0.0871. The van der Waals surface area contributed by atoms with Gasteiger partial charge in [0.2, 0.25) is 5.91 Å². The van der Waals surface area contributed by atoms with Gasteiger partial charge in [-0.1, -0.05) is 30.1 Å². The first-order valence-corrected chi connectivity index (χ1v) is 8.09. The highest BCUT2D eigenvalue weighted by atomic mass is 35.5. The van der Waals surface area contributed by atoms with E-state index in [4.69, 9.17) is 23.2 Å². The third kappa shape index (κ3) is 3.91. The molecule has 0 aliphatic heterocycles. The fourth-order valence-corrected chi connectivity index (χ4v) is 2.80. The number of hydrogen-bond donors (Lipinski definition) is 1. The summed E-state index contributed by atoms with van der Waals surface area (Å²) in [4.78, 5) is 27.4. The maximum absolute atomic E-state index is 14.8. The first kappa shape index (κ1) is 19.1. The smallest absolute Gasteiger partial charge is 0.358 e. The predicted octanol–water partition coefficient (Wildman–Crippen LogP) is 4.50. The zero-order valence-electron chi connectivity index (χ0n) is 13.7. The molecule has 0 atom stereocenters. The van der Waals surface area contributed by atoms with Crippen molar-refractivity contribution in [2.45, 2.75) is 20.3 Å². The van der Waals surface area contributed by atoms with Crippen molar-refractivity contribution in [2.24, 2.45) is 0 Å². The van der Waals surface area contributed by atoms with Crippen molar-refractivity contribution in [2.75, 3.05) is 12.4 Å². The molecule has 0 saturated carbocycles. The largest absolute Gasteiger partial charge is 0.464 e. The molecule has 0 spiro atoms. The molecule has 0 aliphatic rings. The molecular formula is C17H15Cl2FN2O3. The monoisotopic (exact) mass is 384 g/mol. The van der Waals surface area contributed by atoms with Crippen LogP contribution in [-0.4, -0.2) is 24.0 Å². The highest BCUT2D eigenvalue weighted by molar-refractivity contribution is 6.36. The van der Waals surface area contributed by atoms with Crippen molar-refractivity contribution >= 4 is 40.8 Å². The zero-order valence-corrected chi connectivity index (χ0v) is 15.3. The lowest BCUT2D eigenvalue weighted by Crippen LogP contribution is -2.12. The molecule has 25 heavy (non-hydrogen) atoms. The van der Waals surface area contributed by atoms with Gasteiger partial charge in [0.25, 0.3) is 0 Å². The first-order chi connectivity index (χ1) is 11.8. The number of halogens is 3. The van der Waals surface area contributed by atoms with Crippen LogP contribution < -0.4 is 5.32 Å². The molecule has 1 N–H and O–H groups in total. The van der Waals surface area contributed by atoms with Gasteiger partial charge < -0.3 is 10.1 Å². The third-order valence-electron chi connectivity index (χ3n) is 3.46. The predicted molar refractivity (Wildman–Crippen MR) is 94.7 cm³/mol. The summed E-state index contributed by atoms with van der Waals surface area (Å²) in [5.74, 6) is -1.75. The number of nitrogens with zero attached hydrogens (tertiary/aromatic N) is 1. The number of benzene rings is 1. The summed E-state index contributed by atoms with van der Waals surface area (Å²) >= 11 is 12.1. The highest BCUT2D eigenvalue weighted by Gasteiger charge is 2.21. The Morgan fingerprint density at radius 1 is 1.32 bits per heavy atom. The van der Waals surface area contributed by atoms with E-state index >= 15 is 0 Å². The third-order valence-corrected chi connectivity index (χ3v) is 4.20. The Balaban J connectivity index is 2.73. The Hall–Kier alpha value is -2.18. The summed E-state index contributed by atoms with van der Waals surface area (Å²) < 4.78 is 19.4. The van der Waals surface area contributed by atoms with Crippen molar-refractivity contribution in [3.8, 4) is 11.3 Å². The van der Waals surface area contributed by atoms with E-state index in [2.05, 4.69) is 15.0 Å². The Morgan fingerprint density at radius 2 is 2.00 bits per heavy atom. The van der Waals surface area contributed by atoms with Gasteiger partial charge in [-0.15, -0.1) is 0 Å².